The third-order valence-corrected chi connectivity index (χ3v) is 3.99. The molecule has 1 atom stereocenters. The Balaban J connectivity index is 1.75. The molecule has 1 aliphatic rings. The number of aliphatic carboxylic acids is 1. The third-order valence-electron chi connectivity index (χ3n) is 3.99. The highest BCUT2D eigenvalue weighted by molar-refractivity contribution is 5.66. The Bertz CT molecular complexity index is 438. The number of carboxylic acids is 1. The van der Waals surface area contributed by atoms with Crippen molar-refractivity contribution in [2.45, 2.75) is 25.8 Å². The van der Waals surface area contributed by atoms with Crippen LogP contribution >= 0.6 is 0 Å². The van der Waals surface area contributed by atoms with Crippen molar-refractivity contribution < 1.29 is 9.90 Å². The molecule has 0 saturated carbocycles. The zero-order valence-corrected chi connectivity index (χ0v) is 12.7. The van der Waals surface area contributed by atoms with Gasteiger partial charge in [-0.25, -0.2) is 0 Å². The highest BCUT2D eigenvalue weighted by atomic mass is 16.4. The van der Waals surface area contributed by atoms with Gasteiger partial charge in [0.05, 0.1) is 6.42 Å². The van der Waals surface area contributed by atoms with E-state index in [2.05, 4.69) is 27.9 Å². The highest BCUT2D eigenvalue weighted by Gasteiger charge is 2.21. The van der Waals surface area contributed by atoms with Crippen molar-refractivity contribution in [3.8, 4) is 0 Å². The average molecular weight is 291 g/mol. The molecule has 1 aliphatic heterocycles. The van der Waals surface area contributed by atoms with Gasteiger partial charge in [0.25, 0.3) is 0 Å². The minimum absolute atomic E-state index is 0.248. The topological polar surface area (TPSA) is 56.7 Å². The Morgan fingerprint density at radius 3 is 3.14 bits per heavy atom. The van der Waals surface area contributed by atoms with Gasteiger partial charge in [-0.1, -0.05) is 6.07 Å². The van der Waals surface area contributed by atoms with Gasteiger partial charge in [0.15, 0.2) is 0 Å². The summed E-state index contributed by atoms with van der Waals surface area (Å²) in [5.74, 6) is -0.0694. The first kappa shape index (κ1) is 15.9. The molecule has 5 heteroatoms. The highest BCUT2D eigenvalue weighted by Crippen LogP contribution is 2.18. The van der Waals surface area contributed by atoms with Gasteiger partial charge in [0.1, 0.15) is 0 Å². The Morgan fingerprint density at radius 2 is 2.43 bits per heavy atom. The van der Waals surface area contributed by atoms with Crippen LogP contribution in [0.1, 0.15) is 24.8 Å². The molecule has 1 aromatic heterocycles. The van der Waals surface area contributed by atoms with E-state index in [9.17, 15) is 4.79 Å². The normalized spacial score (nSPS) is 19.8. The average Bonchev–Trinajstić information content (AvgIpc) is 2.46. The van der Waals surface area contributed by atoms with E-state index < -0.39 is 5.97 Å². The lowest BCUT2D eigenvalue weighted by atomic mass is 9.97. The summed E-state index contributed by atoms with van der Waals surface area (Å²) in [6.07, 6.45) is 6.37. The number of hydrogen-bond donors (Lipinski definition) is 1. The van der Waals surface area contributed by atoms with Gasteiger partial charge in [0, 0.05) is 38.6 Å². The summed E-state index contributed by atoms with van der Waals surface area (Å²) in [5.41, 5.74) is 1.23. The van der Waals surface area contributed by atoms with Crippen LogP contribution in [0, 0.1) is 5.92 Å². The molecule has 0 radical (unpaired) electrons. The first-order chi connectivity index (χ1) is 10.1. The lowest BCUT2D eigenvalue weighted by molar-refractivity contribution is -0.137. The Kier molecular flexibility index (Phi) is 6.14. The van der Waals surface area contributed by atoms with Crippen LogP contribution in [0.2, 0.25) is 0 Å². The van der Waals surface area contributed by atoms with Gasteiger partial charge in [-0.05, 0) is 44.0 Å². The molecule has 2 rings (SSSR count). The number of pyridine rings is 1. The Hall–Kier alpha value is -1.46. The van der Waals surface area contributed by atoms with Gasteiger partial charge in [-0.15, -0.1) is 0 Å². The SMILES string of the molecule is CN(Cc1cccnc1)CC1CCCN(CCC(=O)O)C1. The van der Waals surface area contributed by atoms with Crippen molar-refractivity contribution in [1.29, 1.82) is 0 Å². The smallest absolute Gasteiger partial charge is 0.304 e. The molecule has 1 saturated heterocycles. The summed E-state index contributed by atoms with van der Waals surface area (Å²) in [7, 11) is 2.14. The van der Waals surface area contributed by atoms with Crippen molar-refractivity contribution in [2.24, 2.45) is 5.92 Å². The molecule has 1 aromatic rings. The first-order valence-electron chi connectivity index (χ1n) is 7.65. The molecule has 2 heterocycles. The maximum atomic E-state index is 10.7. The van der Waals surface area contributed by atoms with E-state index in [1.165, 1.54) is 18.4 Å². The zero-order valence-electron chi connectivity index (χ0n) is 12.7. The number of nitrogens with zero attached hydrogens (tertiary/aromatic N) is 3. The minimum Gasteiger partial charge on any atom is -0.481 e. The van der Waals surface area contributed by atoms with Gasteiger partial charge < -0.3 is 14.9 Å². The van der Waals surface area contributed by atoms with Crippen molar-refractivity contribution in [3.05, 3.63) is 30.1 Å². The van der Waals surface area contributed by atoms with E-state index in [4.69, 9.17) is 5.11 Å². The molecule has 0 spiro atoms. The van der Waals surface area contributed by atoms with Crippen molar-refractivity contribution in [2.75, 3.05) is 33.2 Å². The number of rotatable bonds is 7. The molecule has 1 N–H and O–H groups in total. The lowest BCUT2D eigenvalue weighted by Gasteiger charge is -2.34. The van der Waals surface area contributed by atoms with Gasteiger partial charge in [0.2, 0.25) is 0 Å². The number of carbonyl (C=O) groups is 1. The summed E-state index contributed by atoms with van der Waals surface area (Å²) in [5, 5.41) is 8.78. The quantitative estimate of drug-likeness (QED) is 0.828. The second kappa shape index (κ2) is 8.10. The summed E-state index contributed by atoms with van der Waals surface area (Å²) >= 11 is 0. The number of carboxylic acid groups (broad SMARTS) is 1. The van der Waals surface area contributed by atoms with Crippen LogP contribution in [0.5, 0.6) is 0 Å². The van der Waals surface area contributed by atoms with Gasteiger partial charge >= 0.3 is 5.97 Å². The van der Waals surface area contributed by atoms with E-state index in [1.807, 2.05) is 12.3 Å². The van der Waals surface area contributed by atoms with Gasteiger partial charge in [-0.3, -0.25) is 9.78 Å². The third kappa shape index (κ3) is 5.81. The second-order valence-electron chi connectivity index (χ2n) is 6.01. The molecular weight excluding hydrogens is 266 g/mol. The summed E-state index contributed by atoms with van der Waals surface area (Å²) < 4.78 is 0. The van der Waals surface area contributed by atoms with Crippen molar-refractivity contribution in [3.63, 3.8) is 0 Å². The van der Waals surface area contributed by atoms with Crippen molar-refractivity contribution >= 4 is 5.97 Å². The molecule has 0 aromatic carbocycles. The van der Waals surface area contributed by atoms with Crippen LogP contribution in [-0.2, 0) is 11.3 Å². The Labute approximate surface area is 126 Å². The fourth-order valence-electron chi connectivity index (χ4n) is 3.07. The zero-order chi connectivity index (χ0) is 15.1. The summed E-state index contributed by atoms with van der Waals surface area (Å²) in [6.45, 7) is 4.71. The van der Waals surface area contributed by atoms with E-state index in [-0.39, 0.29) is 6.42 Å². The van der Waals surface area contributed by atoms with Crippen LogP contribution in [0.15, 0.2) is 24.5 Å². The standard InChI is InChI=1S/C16H25N3O2/c1-18(11-14-4-2-7-17-10-14)12-15-5-3-8-19(13-15)9-6-16(20)21/h2,4,7,10,15H,3,5-6,8-9,11-13H2,1H3,(H,20,21). The number of aromatic nitrogens is 1. The molecule has 0 bridgehead atoms. The fraction of sp³-hybridized carbons (Fsp3) is 0.625. The lowest BCUT2D eigenvalue weighted by Crippen LogP contribution is -2.40. The minimum atomic E-state index is -0.703. The second-order valence-corrected chi connectivity index (χ2v) is 6.01. The number of piperidine rings is 1. The van der Waals surface area contributed by atoms with E-state index in [0.29, 0.717) is 12.5 Å². The van der Waals surface area contributed by atoms with Gasteiger partial charge in [-0.2, -0.15) is 0 Å². The maximum Gasteiger partial charge on any atom is 0.304 e. The fourth-order valence-corrected chi connectivity index (χ4v) is 3.07. The molecule has 116 valence electrons. The molecule has 21 heavy (non-hydrogen) atoms. The number of likely N-dealkylation sites (tertiary alicyclic amines) is 1. The van der Waals surface area contributed by atoms with Crippen LogP contribution in [-0.4, -0.2) is 59.1 Å². The number of hydrogen-bond acceptors (Lipinski definition) is 4. The predicted molar refractivity (Wildman–Crippen MR) is 82.0 cm³/mol. The summed E-state index contributed by atoms with van der Waals surface area (Å²) in [4.78, 5) is 19.4. The molecule has 5 nitrogen and oxygen atoms in total. The molecule has 0 aliphatic carbocycles. The largest absolute Gasteiger partial charge is 0.481 e. The summed E-state index contributed by atoms with van der Waals surface area (Å²) in [6, 6.07) is 4.07. The van der Waals surface area contributed by atoms with E-state index in [0.717, 1.165) is 26.2 Å². The maximum absolute atomic E-state index is 10.7. The van der Waals surface area contributed by atoms with E-state index in [1.54, 1.807) is 6.20 Å². The van der Waals surface area contributed by atoms with Crippen LogP contribution < -0.4 is 0 Å². The Morgan fingerprint density at radius 1 is 1.57 bits per heavy atom. The first-order valence-corrected chi connectivity index (χ1v) is 7.65. The predicted octanol–water partition coefficient (Wildman–Crippen LogP) is 1.70. The van der Waals surface area contributed by atoms with Crippen LogP contribution in [0.3, 0.4) is 0 Å². The van der Waals surface area contributed by atoms with Crippen molar-refractivity contribution in [1.82, 2.24) is 14.8 Å². The van der Waals surface area contributed by atoms with Crippen LogP contribution in [0.4, 0.5) is 0 Å². The molecule has 0 amide bonds. The monoisotopic (exact) mass is 291 g/mol. The van der Waals surface area contributed by atoms with Crippen LogP contribution in [0.25, 0.3) is 0 Å². The molecular formula is C16H25N3O2. The molecule has 1 unspecified atom stereocenters. The van der Waals surface area contributed by atoms with E-state index >= 15 is 0 Å². The molecule has 1 fully saturated rings.